The van der Waals surface area contributed by atoms with Crippen LogP contribution in [0.4, 0.5) is 0 Å². The fourth-order valence-corrected chi connectivity index (χ4v) is 4.49. The number of halogens is 1. The zero-order valence-corrected chi connectivity index (χ0v) is 11.2. The molecule has 0 saturated carbocycles. The highest BCUT2D eigenvalue weighted by atomic mass is 79.9. The van der Waals surface area contributed by atoms with E-state index in [4.69, 9.17) is 0 Å². The molecule has 0 atom stereocenters. The van der Waals surface area contributed by atoms with Crippen LogP contribution in [0, 0.1) is 0 Å². The zero-order chi connectivity index (χ0) is 11.6. The summed E-state index contributed by atoms with van der Waals surface area (Å²) in [5.74, 6) is 0. The van der Waals surface area contributed by atoms with Gasteiger partial charge in [-0.15, -0.1) is 11.3 Å². The molecular weight excluding hydrogens is 314 g/mol. The summed E-state index contributed by atoms with van der Waals surface area (Å²) in [7, 11) is -3.44. The molecule has 0 saturated heterocycles. The largest absolute Gasteiger partial charge is 0.285 e. The number of hydrogen-bond donors (Lipinski definition) is 2. The number of H-pyrrole nitrogens is 1. The Balaban J connectivity index is 2.13. The van der Waals surface area contributed by atoms with Crippen molar-refractivity contribution in [2.45, 2.75) is 10.8 Å². The summed E-state index contributed by atoms with van der Waals surface area (Å²) < 4.78 is 27.1. The van der Waals surface area contributed by atoms with Crippen LogP contribution in [0.1, 0.15) is 5.56 Å². The fraction of sp³-hybridized carbons (Fsp3) is 0.125. The molecule has 8 heteroatoms. The first-order valence-corrected chi connectivity index (χ1v) is 7.45. The smallest absolute Gasteiger partial charge is 0.251 e. The molecule has 2 N–H and O–H groups in total. The molecule has 0 aliphatic heterocycles. The Morgan fingerprint density at radius 3 is 2.94 bits per heavy atom. The van der Waals surface area contributed by atoms with Crippen LogP contribution in [0.15, 0.2) is 32.5 Å². The van der Waals surface area contributed by atoms with E-state index in [1.165, 1.54) is 11.3 Å². The number of hydrogen-bond acceptors (Lipinski definition) is 4. The Labute approximate surface area is 105 Å². The van der Waals surface area contributed by atoms with Gasteiger partial charge in [0.05, 0.1) is 6.20 Å². The third kappa shape index (κ3) is 2.51. The van der Waals surface area contributed by atoms with Gasteiger partial charge in [-0.05, 0) is 27.4 Å². The molecule has 0 fully saturated rings. The van der Waals surface area contributed by atoms with Crippen molar-refractivity contribution in [2.75, 3.05) is 0 Å². The minimum atomic E-state index is -3.44. The first-order valence-electron chi connectivity index (χ1n) is 4.30. The molecule has 0 radical (unpaired) electrons. The average molecular weight is 322 g/mol. The van der Waals surface area contributed by atoms with E-state index in [0.717, 1.165) is 5.56 Å². The van der Waals surface area contributed by atoms with Gasteiger partial charge in [-0.1, -0.05) is 0 Å². The predicted molar refractivity (Wildman–Crippen MR) is 64.6 cm³/mol. The van der Waals surface area contributed by atoms with Gasteiger partial charge < -0.3 is 0 Å². The lowest BCUT2D eigenvalue weighted by Gasteiger charge is -2.03. The zero-order valence-electron chi connectivity index (χ0n) is 7.97. The number of nitrogens with one attached hydrogen (secondary N) is 2. The van der Waals surface area contributed by atoms with E-state index in [9.17, 15) is 8.42 Å². The summed E-state index contributed by atoms with van der Waals surface area (Å²) in [4.78, 5) is 0. The summed E-state index contributed by atoms with van der Waals surface area (Å²) >= 11 is 4.37. The molecule has 0 aliphatic rings. The molecule has 0 amide bonds. The second kappa shape index (κ2) is 4.66. The Kier molecular flexibility index (Phi) is 3.43. The Hall–Kier alpha value is -0.700. The number of aromatic nitrogens is 2. The maximum absolute atomic E-state index is 11.8. The van der Waals surface area contributed by atoms with E-state index in [-0.39, 0.29) is 10.8 Å². The third-order valence-corrected chi connectivity index (χ3v) is 5.92. The lowest BCUT2D eigenvalue weighted by Crippen LogP contribution is -2.22. The van der Waals surface area contributed by atoms with E-state index in [0.29, 0.717) is 4.47 Å². The summed E-state index contributed by atoms with van der Waals surface area (Å²) in [6, 6.07) is 1.71. The molecule has 0 spiro atoms. The lowest BCUT2D eigenvalue weighted by atomic mass is 10.4. The van der Waals surface area contributed by atoms with Crippen molar-refractivity contribution in [3.05, 3.63) is 33.9 Å². The molecule has 0 bridgehead atoms. The van der Waals surface area contributed by atoms with Crippen molar-refractivity contribution in [3.63, 3.8) is 0 Å². The van der Waals surface area contributed by atoms with Crippen molar-refractivity contribution >= 4 is 37.3 Å². The molecule has 2 aromatic heterocycles. The van der Waals surface area contributed by atoms with Crippen molar-refractivity contribution in [1.29, 1.82) is 0 Å². The van der Waals surface area contributed by atoms with Crippen LogP contribution in [0.25, 0.3) is 0 Å². The van der Waals surface area contributed by atoms with Crippen LogP contribution in [-0.2, 0) is 16.6 Å². The highest BCUT2D eigenvalue weighted by Crippen LogP contribution is 2.27. The summed E-state index contributed by atoms with van der Waals surface area (Å²) in [5.41, 5.74) is 0.788. The number of nitrogens with zero attached hydrogens (tertiary/aromatic N) is 1. The molecule has 0 unspecified atom stereocenters. The molecule has 86 valence electrons. The van der Waals surface area contributed by atoms with Gasteiger partial charge in [0, 0.05) is 22.8 Å². The topological polar surface area (TPSA) is 74.8 Å². The first-order chi connectivity index (χ1) is 7.59. The molecule has 2 rings (SSSR count). The highest BCUT2D eigenvalue weighted by molar-refractivity contribution is 9.10. The van der Waals surface area contributed by atoms with Crippen LogP contribution in [0.5, 0.6) is 0 Å². The number of rotatable bonds is 4. The van der Waals surface area contributed by atoms with Crippen LogP contribution < -0.4 is 4.72 Å². The second-order valence-corrected chi connectivity index (χ2v) is 6.72. The summed E-state index contributed by atoms with van der Waals surface area (Å²) in [6.07, 6.45) is 3.22. The van der Waals surface area contributed by atoms with Crippen molar-refractivity contribution < 1.29 is 8.42 Å². The Morgan fingerprint density at radius 2 is 2.38 bits per heavy atom. The first kappa shape index (κ1) is 11.8. The Morgan fingerprint density at radius 1 is 1.56 bits per heavy atom. The molecule has 16 heavy (non-hydrogen) atoms. The van der Waals surface area contributed by atoms with Gasteiger partial charge in [-0.3, -0.25) is 5.10 Å². The van der Waals surface area contributed by atoms with Gasteiger partial charge in [0.15, 0.2) is 0 Å². The number of aromatic amines is 1. The third-order valence-electron chi connectivity index (χ3n) is 1.85. The van der Waals surface area contributed by atoms with E-state index < -0.39 is 10.0 Å². The quantitative estimate of drug-likeness (QED) is 0.900. The molecule has 0 aliphatic carbocycles. The van der Waals surface area contributed by atoms with E-state index in [1.54, 1.807) is 23.8 Å². The highest BCUT2D eigenvalue weighted by Gasteiger charge is 2.18. The predicted octanol–water partition coefficient (Wildman–Crippen LogP) is 1.71. The van der Waals surface area contributed by atoms with Crippen molar-refractivity contribution in [3.8, 4) is 0 Å². The van der Waals surface area contributed by atoms with Gasteiger partial charge in [0.25, 0.3) is 10.0 Å². The SMILES string of the molecule is O=S(=O)(NCc1cn[nH]c1)c1sccc1Br. The van der Waals surface area contributed by atoms with Crippen LogP contribution >= 0.6 is 27.3 Å². The van der Waals surface area contributed by atoms with Gasteiger partial charge in [-0.25, -0.2) is 13.1 Å². The summed E-state index contributed by atoms with van der Waals surface area (Å²) in [6.45, 7) is 0.225. The number of thiophene rings is 1. The van der Waals surface area contributed by atoms with Gasteiger partial charge in [0.1, 0.15) is 4.21 Å². The molecular formula is C8H8BrN3O2S2. The normalized spacial score (nSPS) is 11.8. The average Bonchev–Trinajstić information content (AvgIpc) is 2.85. The number of sulfonamides is 1. The maximum atomic E-state index is 11.8. The van der Waals surface area contributed by atoms with Crippen LogP contribution in [0.3, 0.4) is 0 Å². The van der Waals surface area contributed by atoms with Gasteiger partial charge in [-0.2, -0.15) is 5.10 Å². The monoisotopic (exact) mass is 321 g/mol. The lowest BCUT2D eigenvalue weighted by molar-refractivity contribution is 0.583. The van der Waals surface area contributed by atoms with E-state index in [1.807, 2.05) is 0 Å². The molecule has 2 aromatic rings. The van der Waals surface area contributed by atoms with Crippen LogP contribution in [0.2, 0.25) is 0 Å². The van der Waals surface area contributed by atoms with Crippen LogP contribution in [-0.4, -0.2) is 18.6 Å². The second-order valence-electron chi connectivity index (χ2n) is 2.99. The fourth-order valence-electron chi connectivity index (χ4n) is 1.09. The summed E-state index contributed by atoms with van der Waals surface area (Å²) in [5, 5.41) is 8.08. The van der Waals surface area contributed by atoms with Gasteiger partial charge in [0.2, 0.25) is 0 Å². The molecule has 5 nitrogen and oxygen atoms in total. The standard InChI is InChI=1S/C8H8BrN3O2S2/c9-7-1-2-15-8(7)16(13,14)12-5-6-3-10-11-4-6/h1-4,12H,5H2,(H,10,11). The Bertz CT molecular complexity index is 562. The van der Waals surface area contributed by atoms with E-state index >= 15 is 0 Å². The minimum Gasteiger partial charge on any atom is -0.285 e. The van der Waals surface area contributed by atoms with Gasteiger partial charge >= 0.3 is 0 Å². The molecule has 0 aromatic carbocycles. The maximum Gasteiger partial charge on any atom is 0.251 e. The minimum absolute atomic E-state index is 0.225. The van der Waals surface area contributed by atoms with Crippen molar-refractivity contribution in [2.24, 2.45) is 0 Å². The molecule has 2 heterocycles. The van der Waals surface area contributed by atoms with E-state index in [2.05, 4.69) is 30.8 Å². The van der Waals surface area contributed by atoms with Crippen molar-refractivity contribution in [1.82, 2.24) is 14.9 Å².